The number of rotatable bonds is 5. The SMILES string of the molecule is CN(CC(=O)Nc1ccc2oc(C(=O)O)cc2c1)S(C)(=O)=O. The molecule has 1 amide bonds. The molecule has 2 rings (SSSR count). The Kier molecular flexibility index (Phi) is 4.20. The third kappa shape index (κ3) is 3.62. The molecule has 0 fully saturated rings. The summed E-state index contributed by atoms with van der Waals surface area (Å²) in [6.07, 6.45) is 1.01. The van der Waals surface area contributed by atoms with Gasteiger partial charge in [-0.15, -0.1) is 0 Å². The van der Waals surface area contributed by atoms with Crippen LogP contribution in [0.2, 0.25) is 0 Å². The highest BCUT2D eigenvalue weighted by Crippen LogP contribution is 2.23. The number of likely N-dealkylation sites (N-methyl/N-ethyl adjacent to an activating group) is 1. The first-order chi connectivity index (χ1) is 10.2. The molecule has 0 aliphatic carbocycles. The quantitative estimate of drug-likeness (QED) is 0.845. The zero-order chi connectivity index (χ0) is 16.5. The van der Waals surface area contributed by atoms with E-state index >= 15 is 0 Å². The molecule has 22 heavy (non-hydrogen) atoms. The first-order valence-corrected chi connectivity index (χ1v) is 7.99. The van der Waals surface area contributed by atoms with Gasteiger partial charge in [-0.2, -0.15) is 4.31 Å². The number of hydrogen-bond donors (Lipinski definition) is 2. The van der Waals surface area contributed by atoms with E-state index in [-0.39, 0.29) is 12.3 Å². The Balaban J connectivity index is 2.14. The van der Waals surface area contributed by atoms with Crippen molar-refractivity contribution >= 4 is 38.6 Å². The molecule has 2 N–H and O–H groups in total. The molecule has 0 aliphatic heterocycles. The van der Waals surface area contributed by atoms with Gasteiger partial charge in [0.15, 0.2) is 0 Å². The summed E-state index contributed by atoms with van der Waals surface area (Å²) >= 11 is 0. The van der Waals surface area contributed by atoms with Crippen molar-refractivity contribution in [3.05, 3.63) is 30.0 Å². The fraction of sp³-hybridized carbons (Fsp3) is 0.231. The Labute approximate surface area is 126 Å². The largest absolute Gasteiger partial charge is 0.475 e. The maximum Gasteiger partial charge on any atom is 0.371 e. The number of amides is 1. The van der Waals surface area contributed by atoms with Crippen molar-refractivity contribution in [2.24, 2.45) is 0 Å². The van der Waals surface area contributed by atoms with Crippen LogP contribution in [0.15, 0.2) is 28.7 Å². The smallest absolute Gasteiger partial charge is 0.371 e. The number of sulfonamides is 1. The average Bonchev–Trinajstić information content (AvgIpc) is 2.80. The van der Waals surface area contributed by atoms with Crippen molar-refractivity contribution in [2.45, 2.75) is 0 Å². The van der Waals surface area contributed by atoms with Crippen molar-refractivity contribution in [3.63, 3.8) is 0 Å². The molecule has 1 heterocycles. The van der Waals surface area contributed by atoms with E-state index in [0.29, 0.717) is 16.7 Å². The van der Waals surface area contributed by atoms with Crippen LogP contribution in [0.3, 0.4) is 0 Å². The number of hydrogen-bond acceptors (Lipinski definition) is 5. The first kappa shape index (κ1) is 16.0. The van der Waals surface area contributed by atoms with Gasteiger partial charge in [0.05, 0.1) is 12.8 Å². The summed E-state index contributed by atoms with van der Waals surface area (Å²) < 4.78 is 28.5. The van der Waals surface area contributed by atoms with Crippen molar-refractivity contribution < 1.29 is 27.5 Å². The summed E-state index contributed by atoms with van der Waals surface area (Å²) in [5.74, 6) is -1.89. The highest BCUT2D eigenvalue weighted by molar-refractivity contribution is 7.88. The molecule has 118 valence electrons. The number of furan rings is 1. The summed E-state index contributed by atoms with van der Waals surface area (Å²) in [4.78, 5) is 22.6. The molecule has 1 aromatic heterocycles. The molecular weight excluding hydrogens is 312 g/mol. The molecule has 8 nitrogen and oxygen atoms in total. The van der Waals surface area contributed by atoms with Crippen LogP contribution in [-0.2, 0) is 14.8 Å². The average molecular weight is 326 g/mol. The van der Waals surface area contributed by atoms with Crippen LogP contribution in [0.25, 0.3) is 11.0 Å². The third-order valence-electron chi connectivity index (χ3n) is 2.94. The number of aromatic carboxylic acids is 1. The summed E-state index contributed by atoms with van der Waals surface area (Å²) in [7, 11) is -2.14. The number of carboxylic acid groups (broad SMARTS) is 1. The van der Waals surface area contributed by atoms with E-state index in [4.69, 9.17) is 9.52 Å². The lowest BCUT2D eigenvalue weighted by molar-refractivity contribution is -0.116. The lowest BCUT2D eigenvalue weighted by Crippen LogP contribution is -2.34. The zero-order valence-electron chi connectivity index (χ0n) is 11.9. The highest BCUT2D eigenvalue weighted by Gasteiger charge is 2.16. The lowest BCUT2D eigenvalue weighted by Gasteiger charge is -2.13. The van der Waals surface area contributed by atoms with Gasteiger partial charge in [-0.1, -0.05) is 0 Å². The lowest BCUT2D eigenvalue weighted by atomic mass is 10.2. The standard InChI is InChI=1S/C13H14N2O6S/c1-15(22(2,19)20)7-12(16)14-9-3-4-10-8(5-9)6-11(21-10)13(17)18/h3-6H,7H2,1-2H3,(H,14,16)(H,17,18). The van der Waals surface area contributed by atoms with Crippen LogP contribution >= 0.6 is 0 Å². The van der Waals surface area contributed by atoms with Gasteiger partial charge in [0.25, 0.3) is 0 Å². The van der Waals surface area contributed by atoms with Gasteiger partial charge in [-0.3, -0.25) is 4.79 Å². The topological polar surface area (TPSA) is 117 Å². The maximum atomic E-state index is 11.8. The van der Waals surface area contributed by atoms with Gasteiger partial charge in [0.2, 0.25) is 21.7 Å². The number of benzene rings is 1. The number of carbonyl (C=O) groups excluding carboxylic acids is 1. The molecule has 0 spiro atoms. The van der Waals surface area contributed by atoms with Crippen molar-refractivity contribution in [1.29, 1.82) is 0 Å². The second kappa shape index (κ2) is 5.78. The molecule has 0 saturated heterocycles. The van der Waals surface area contributed by atoms with E-state index in [1.165, 1.54) is 25.2 Å². The van der Waals surface area contributed by atoms with E-state index in [1.54, 1.807) is 6.07 Å². The number of carbonyl (C=O) groups is 2. The Morgan fingerprint density at radius 3 is 2.59 bits per heavy atom. The van der Waals surface area contributed by atoms with Crippen LogP contribution in [0.5, 0.6) is 0 Å². The predicted octanol–water partition coefficient (Wildman–Crippen LogP) is 0.961. The van der Waals surface area contributed by atoms with Gasteiger partial charge in [-0.25, -0.2) is 13.2 Å². The van der Waals surface area contributed by atoms with Crippen LogP contribution < -0.4 is 5.32 Å². The highest BCUT2D eigenvalue weighted by atomic mass is 32.2. The summed E-state index contributed by atoms with van der Waals surface area (Å²) in [6, 6.07) is 5.95. The normalized spacial score (nSPS) is 11.8. The molecule has 0 aliphatic rings. The van der Waals surface area contributed by atoms with Crippen molar-refractivity contribution in [2.75, 3.05) is 25.2 Å². The number of anilines is 1. The monoisotopic (exact) mass is 326 g/mol. The van der Waals surface area contributed by atoms with Crippen LogP contribution in [0, 0.1) is 0 Å². The van der Waals surface area contributed by atoms with E-state index in [0.717, 1.165) is 10.6 Å². The minimum absolute atomic E-state index is 0.199. The molecule has 0 radical (unpaired) electrons. The van der Waals surface area contributed by atoms with Gasteiger partial charge in [0.1, 0.15) is 5.58 Å². The number of nitrogens with one attached hydrogen (secondary N) is 1. The summed E-state index contributed by atoms with van der Waals surface area (Å²) in [5, 5.41) is 11.9. The fourth-order valence-electron chi connectivity index (χ4n) is 1.75. The van der Waals surface area contributed by atoms with Crippen LogP contribution in [0.4, 0.5) is 5.69 Å². The van der Waals surface area contributed by atoms with E-state index in [1.807, 2.05) is 0 Å². The predicted molar refractivity (Wildman–Crippen MR) is 79.3 cm³/mol. The summed E-state index contributed by atoms with van der Waals surface area (Å²) in [6.45, 7) is -0.317. The zero-order valence-corrected chi connectivity index (χ0v) is 12.7. The Morgan fingerprint density at radius 2 is 2.00 bits per heavy atom. The van der Waals surface area contributed by atoms with E-state index < -0.39 is 21.9 Å². The van der Waals surface area contributed by atoms with Crippen LogP contribution in [-0.4, -0.2) is 49.6 Å². The van der Waals surface area contributed by atoms with Gasteiger partial charge < -0.3 is 14.8 Å². The second-order valence-corrected chi connectivity index (χ2v) is 6.83. The first-order valence-electron chi connectivity index (χ1n) is 6.15. The van der Waals surface area contributed by atoms with Gasteiger partial charge >= 0.3 is 5.97 Å². The Bertz CT molecular complexity index is 839. The molecule has 0 saturated carbocycles. The number of fused-ring (bicyclic) bond motifs is 1. The second-order valence-electron chi connectivity index (χ2n) is 4.74. The van der Waals surface area contributed by atoms with Crippen molar-refractivity contribution in [3.8, 4) is 0 Å². The fourth-order valence-corrected chi connectivity index (χ4v) is 2.10. The molecule has 0 atom stereocenters. The molecule has 9 heteroatoms. The molecule has 0 unspecified atom stereocenters. The van der Waals surface area contributed by atoms with E-state index in [9.17, 15) is 18.0 Å². The maximum absolute atomic E-state index is 11.8. The van der Waals surface area contributed by atoms with Gasteiger partial charge in [0, 0.05) is 18.1 Å². The van der Waals surface area contributed by atoms with Crippen LogP contribution in [0.1, 0.15) is 10.6 Å². The number of nitrogens with zero attached hydrogens (tertiary/aromatic N) is 1. The Morgan fingerprint density at radius 1 is 1.32 bits per heavy atom. The molecule has 2 aromatic rings. The molecule has 1 aromatic carbocycles. The van der Waals surface area contributed by atoms with Gasteiger partial charge in [-0.05, 0) is 24.3 Å². The minimum atomic E-state index is -3.44. The molecular formula is C13H14N2O6S. The minimum Gasteiger partial charge on any atom is -0.475 e. The molecule has 0 bridgehead atoms. The van der Waals surface area contributed by atoms with E-state index in [2.05, 4.69) is 5.32 Å². The van der Waals surface area contributed by atoms with Crippen molar-refractivity contribution in [1.82, 2.24) is 4.31 Å². The third-order valence-corrected chi connectivity index (χ3v) is 4.20. The number of carboxylic acids is 1. The summed E-state index contributed by atoms with van der Waals surface area (Å²) in [5.41, 5.74) is 0.792. The Hall–Kier alpha value is -2.39.